The summed E-state index contributed by atoms with van der Waals surface area (Å²) in [4.78, 5) is 8.91. The first-order valence-corrected chi connectivity index (χ1v) is 7.32. The minimum Gasteiger partial charge on any atom is -0.328 e. The molecule has 0 aromatic carbocycles. The molecule has 1 aliphatic rings. The molecule has 0 radical (unpaired) electrons. The SMILES string of the molecule is NC1CCC(c2nc(-c3cccnc3)cs2)CC1. The normalized spacial score (nSPS) is 24.1. The Bertz CT molecular complexity index is 501. The molecule has 2 heterocycles. The lowest BCUT2D eigenvalue weighted by Gasteiger charge is -2.24. The largest absolute Gasteiger partial charge is 0.328 e. The molecule has 4 heteroatoms. The molecule has 0 spiro atoms. The summed E-state index contributed by atoms with van der Waals surface area (Å²) in [6.45, 7) is 0. The number of hydrogen-bond donors (Lipinski definition) is 1. The van der Waals surface area contributed by atoms with Crippen LogP contribution in [0.2, 0.25) is 0 Å². The van der Waals surface area contributed by atoms with E-state index < -0.39 is 0 Å². The monoisotopic (exact) mass is 259 g/mol. The highest BCUT2D eigenvalue weighted by atomic mass is 32.1. The zero-order valence-corrected chi connectivity index (χ0v) is 11.1. The van der Waals surface area contributed by atoms with Gasteiger partial charge in [0.2, 0.25) is 0 Å². The van der Waals surface area contributed by atoms with Gasteiger partial charge in [-0.2, -0.15) is 0 Å². The van der Waals surface area contributed by atoms with Crippen LogP contribution < -0.4 is 5.73 Å². The third-order valence-electron chi connectivity index (χ3n) is 3.60. The second-order valence-corrected chi connectivity index (χ2v) is 5.81. The Morgan fingerprint density at radius 2 is 2.06 bits per heavy atom. The third kappa shape index (κ3) is 2.44. The molecule has 0 saturated heterocycles. The predicted molar refractivity (Wildman–Crippen MR) is 74.5 cm³/mol. The molecule has 0 bridgehead atoms. The van der Waals surface area contributed by atoms with E-state index in [1.807, 2.05) is 12.3 Å². The topological polar surface area (TPSA) is 51.8 Å². The van der Waals surface area contributed by atoms with Gasteiger partial charge in [0.05, 0.1) is 10.7 Å². The molecule has 1 fully saturated rings. The number of hydrogen-bond acceptors (Lipinski definition) is 4. The summed E-state index contributed by atoms with van der Waals surface area (Å²) in [6.07, 6.45) is 8.29. The molecule has 94 valence electrons. The van der Waals surface area contributed by atoms with Gasteiger partial charge in [0, 0.05) is 35.3 Å². The van der Waals surface area contributed by atoms with Crippen LogP contribution in [0.15, 0.2) is 29.9 Å². The Kier molecular flexibility index (Phi) is 3.39. The van der Waals surface area contributed by atoms with Gasteiger partial charge in [-0.05, 0) is 37.8 Å². The van der Waals surface area contributed by atoms with Crippen molar-refractivity contribution in [2.45, 2.75) is 37.6 Å². The maximum atomic E-state index is 5.95. The maximum absolute atomic E-state index is 5.95. The molecule has 2 N–H and O–H groups in total. The number of nitrogens with two attached hydrogens (primary N) is 1. The van der Waals surface area contributed by atoms with E-state index >= 15 is 0 Å². The van der Waals surface area contributed by atoms with Gasteiger partial charge >= 0.3 is 0 Å². The van der Waals surface area contributed by atoms with Crippen molar-refractivity contribution >= 4 is 11.3 Å². The van der Waals surface area contributed by atoms with Gasteiger partial charge in [-0.3, -0.25) is 4.98 Å². The molecule has 0 aliphatic heterocycles. The zero-order chi connectivity index (χ0) is 12.4. The minimum absolute atomic E-state index is 0.402. The molecule has 2 aromatic rings. The van der Waals surface area contributed by atoms with Crippen LogP contribution in [0.5, 0.6) is 0 Å². The van der Waals surface area contributed by atoms with Crippen LogP contribution >= 0.6 is 11.3 Å². The molecule has 1 aliphatic carbocycles. The van der Waals surface area contributed by atoms with Crippen LogP contribution in [0, 0.1) is 0 Å². The van der Waals surface area contributed by atoms with Crippen molar-refractivity contribution < 1.29 is 0 Å². The van der Waals surface area contributed by atoms with Gasteiger partial charge in [0.25, 0.3) is 0 Å². The van der Waals surface area contributed by atoms with Gasteiger partial charge < -0.3 is 5.73 Å². The fourth-order valence-electron chi connectivity index (χ4n) is 2.49. The smallest absolute Gasteiger partial charge is 0.0963 e. The van der Waals surface area contributed by atoms with E-state index in [-0.39, 0.29) is 0 Å². The first kappa shape index (κ1) is 11.8. The molecule has 0 atom stereocenters. The molecule has 1 saturated carbocycles. The van der Waals surface area contributed by atoms with Crippen molar-refractivity contribution in [3.63, 3.8) is 0 Å². The van der Waals surface area contributed by atoms with Crippen LogP contribution in [0.3, 0.4) is 0 Å². The summed E-state index contributed by atoms with van der Waals surface area (Å²) < 4.78 is 0. The summed E-state index contributed by atoms with van der Waals surface area (Å²) in [5, 5.41) is 3.40. The number of nitrogens with zero attached hydrogens (tertiary/aromatic N) is 2. The molecule has 3 nitrogen and oxygen atoms in total. The minimum atomic E-state index is 0.402. The Morgan fingerprint density at radius 1 is 1.22 bits per heavy atom. The molecule has 18 heavy (non-hydrogen) atoms. The van der Waals surface area contributed by atoms with Gasteiger partial charge in [0.15, 0.2) is 0 Å². The highest BCUT2D eigenvalue weighted by Gasteiger charge is 2.22. The van der Waals surface area contributed by atoms with E-state index in [4.69, 9.17) is 10.7 Å². The van der Waals surface area contributed by atoms with E-state index in [9.17, 15) is 0 Å². The zero-order valence-electron chi connectivity index (χ0n) is 10.2. The first-order valence-electron chi connectivity index (χ1n) is 6.44. The summed E-state index contributed by atoms with van der Waals surface area (Å²) in [5.74, 6) is 0.611. The molecule has 3 rings (SSSR count). The Balaban J connectivity index is 1.78. The van der Waals surface area contributed by atoms with Crippen molar-refractivity contribution in [2.24, 2.45) is 5.73 Å². The summed E-state index contributed by atoms with van der Waals surface area (Å²) >= 11 is 1.77. The molecular weight excluding hydrogens is 242 g/mol. The summed E-state index contributed by atoms with van der Waals surface area (Å²) in [5.41, 5.74) is 8.10. The predicted octanol–water partition coefficient (Wildman–Crippen LogP) is 3.19. The van der Waals surface area contributed by atoms with E-state index in [1.165, 1.54) is 17.8 Å². The van der Waals surface area contributed by atoms with Crippen molar-refractivity contribution in [3.8, 4) is 11.3 Å². The fraction of sp³-hybridized carbons (Fsp3) is 0.429. The van der Waals surface area contributed by atoms with Crippen molar-refractivity contribution in [2.75, 3.05) is 0 Å². The summed E-state index contributed by atoms with van der Waals surface area (Å²) in [6, 6.07) is 4.41. The van der Waals surface area contributed by atoms with Crippen LogP contribution in [0.4, 0.5) is 0 Å². The molecule has 2 aromatic heterocycles. The molecular formula is C14H17N3S. The quantitative estimate of drug-likeness (QED) is 0.901. The lowest BCUT2D eigenvalue weighted by Crippen LogP contribution is -2.25. The van der Waals surface area contributed by atoms with Crippen LogP contribution in [0.1, 0.15) is 36.6 Å². The van der Waals surface area contributed by atoms with E-state index in [0.29, 0.717) is 12.0 Å². The fourth-order valence-corrected chi connectivity index (χ4v) is 3.49. The Hall–Kier alpha value is -1.26. The Morgan fingerprint density at radius 3 is 2.78 bits per heavy atom. The molecule has 0 amide bonds. The average Bonchev–Trinajstić information content (AvgIpc) is 2.90. The number of aromatic nitrogens is 2. The maximum Gasteiger partial charge on any atom is 0.0963 e. The van der Waals surface area contributed by atoms with Crippen LogP contribution in [-0.4, -0.2) is 16.0 Å². The van der Waals surface area contributed by atoms with Crippen molar-refractivity contribution in [1.82, 2.24) is 9.97 Å². The Labute approximate surface area is 111 Å². The number of rotatable bonds is 2. The van der Waals surface area contributed by atoms with E-state index in [2.05, 4.69) is 16.4 Å². The molecule has 0 unspecified atom stereocenters. The third-order valence-corrected chi connectivity index (χ3v) is 4.61. The van der Waals surface area contributed by atoms with Crippen molar-refractivity contribution in [1.29, 1.82) is 0 Å². The van der Waals surface area contributed by atoms with E-state index in [1.54, 1.807) is 17.5 Å². The van der Waals surface area contributed by atoms with Crippen molar-refractivity contribution in [3.05, 3.63) is 34.9 Å². The van der Waals surface area contributed by atoms with Crippen LogP contribution in [-0.2, 0) is 0 Å². The lowest BCUT2D eigenvalue weighted by atomic mass is 9.87. The first-order chi connectivity index (χ1) is 8.83. The van der Waals surface area contributed by atoms with Gasteiger partial charge in [-0.1, -0.05) is 0 Å². The average molecular weight is 259 g/mol. The standard InChI is InChI=1S/C14H17N3S/c15-12-5-3-10(4-6-12)14-17-13(9-18-14)11-2-1-7-16-8-11/h1-2,7-10,12H,3-6,15H2. The summed E-state index contributed by atoms with van der Waals surface area (Å²) in [7, 11) is 0. The lowest BCUT2D eigenvalue weighted by molar-refractivity contribution is 0.395. The second kappa shape index (κ2) is 5.16. The van der Waals surface area contributed by atoms with Crippen LogP contribution in [0.25, 0.3) is 11.3 Å². The van der Waals surface area contributed by atoms with E-state index in [0.717, 1.165) is 24.1 Å². The number of thiazole rings is 1. The van der Waals surface area contributed by atoms with Gasteiger partial charge in [-0.25, -0.2) is 4.98 Å². The second-order valence-electron chi connectivity index (χ2n) is 4.92. The van der Waals surface area contributed by atoms with Gasteiger partial charge in [-0.15, -0.1) is 11.3 Å². The highest BCUT2D eigenvalue weighted by Crippen LogP contribution is 2.35. The number of pyridine rings is 1. The van der Waals surface area contributed by atoms with Gasteiger partial charge in [0.1, 0.15) is 0 Å². The highest BCUT2D eigenvalue weighted by molar-refractivity contribution is 7.10.